The molecule has 0 aromatic heterocycles. The van der Waals surface area contributed by atoms with Crippen molar-refractivity contribution in [3.63, 3.8) is 0 Å². The molecule has 1 aliphatic rings. The van der Waals surface area contributed by atoms with E-state index in [0.29, 0.717) is 45.9 Å². The molecule has 1 heterocycles. The summed E-state index contributed by atoms with van der Waals surface area (Å²) in [4.78, 5) is 39.9. The van der Waals surface area contributed by atoms with Crippen LogP contribution in [-0.2, 0) is 14.3 Å². The van der Waals surface area contributed by atoms with E-state index in [1.807, 2.05) is 0 Å². The van der Waals surface area contributed by atoms with E-state index in [1.165, 1.54) is 231 Å². The molecular weight excluding hydrogens is 899 g/mol. The van der Waals surface area contributed by atoms with Crippen LogP contribution in [0.5, 0.6) is 0 Å². The van der Waals surface area contributed by atoms with Crippen molar-refractivity contribution in [1.29, 1.82) is 0 Å². The highest BCUT2D eigenvalue weighted by Crippen LogP contribution is 2.16. The van der Waals surface area contributed by atoms with E-state index in [4.69, 9.17) is 4.74 Å². The second-order valence-electron chi connectivity index (χ2n) is 22.7. The maximum Gasteiger partial charge on any atom is 0.236 e. The Morgan fingerprint density at radius 2 is 0.658 bits per heavy atom. The third-order valence-corrected chi connectivity index (χ3v) is 15.7. The van der Waals surface area contributed by atoms with Crippen molar-refractivity contribution in [1.82, 2.24) is 24.5 Å². The average molecular weight is 1030 g/mol. The van der Waals surface area contributed by atoms with Crippen LogP contribution in [0.1, 0.15) is 291 Å². The highest BCUT2D eigenvalue weighted by Gasteiger charge is 2.26. The molecule has 0 radical (unpaired) electrons. The smallest absolute Gasteiger partial charge is 0.236 e. The summed E-state index contributed by atoms with van der Waals surface area (Å²) in [6.07, 6.45) is 56.2. The first-order valence-corrected chi connectivity index (χ1v) is 32.6. The minimum atomic E-state index is 0.238. The van der Waals surface area contributed by atoms with Gasteiger partial charge in [-0.25, -0.2) is 0 Å². The molecule has 0 atom stereocenters. The maximum atomic E-state index is 14.1. The number of nitrogens with zero attached hydrogens (tertiary/aromatic N) is 5. The highest BCUT2D eigenvalue weighted by atomic mass is 16.5. The van der Waals surface area contributed by atoms with Gasteiger partial charge in [0.15, 0.2) is 0 Å². The summed E-state index contributed by atoms with van der Waals surface area (Å²) in [6.45, 7) is 27.2. The van der Waals surface area contributed by atoms with Gasteiger partial charge >= 0.3 is 0 Å². The normalized spacial score (nSPS) is 13.2. The molecule has 1 rings (SSSR count). The van der Waals surface area contributed by atoms with Gasteiger partial charge in [0.25, 0.3) is 0 Å². The molecule has 0 N–H and O–H groups in total. The lowest BCUT2D eigenvalue weighted by atomic mass is 10.1. The van der Waals surface area contributed by atoms with Gasteiger partial charge in [-0.2, -0.15) is 0 Å². The molecule has 1 aliphatic heterocycles. The standard InChI is InChI=1S/C65H127N5O3/c1-7-12-17-22-26-27-28-29-30-34-38-44-51-67(52-46-40-41-48-63(6)73-60-47-39-21-16-11-5)61-64(71)69-56-58-70(59-57-69)65(72)62-68(53-45-37-33-25-20-15-10-4)55-54-66(49-42-35-31-23-18-13-8-2)50-43-36-32-24-19-14-9-3/h39,47H,6-38,40-46,48-62H2,1-5H3/b47-39-. The van der Waals surface area contributed by atoms with E-state index >= 15 is 0 Å². The average Bonchev–Trinajstić information content (AvgIpc) is 3.39. The molecule has 0 aliphatic carbocycles. The first-order chi connectivity index (χ1) is 35.9. The molecule has 0 bridgehead atoms. The Morgan fingerprint density at radius 3 is 1.01 bits per heavy atom. The van der Waals surface area contributed by atoms with Crippen LogP contribution in [-0.4, -0.2) is 128 Å². The van der Waals surface area contributed by atoms with Gasteiger partial charge in [-0.15, -0.1) is 0 Å². The summed E-state index contributed by atoms with van der Waals surface area (Å²) in [5.41, 5.74) is 0. The Labute approximate surface area is 456 Å². The maximum absolute atomic E-state index is 14.1. The monoisotopic (exact) mass is 1030 g/mol. The van der Waals surface area contributed by atoms with Crippen LogP contribution < -0.4 is 0 Å². The summed E-state index contributed by atoms with van der Waals surface area (Å²) in [6, 6.07) is 0. The van der Waals surface area contributed by atoms with Gasteiger partial charge < -0.3 is 19.4 Å². The molecule has 0 unspecified atom stereocenters. The molecule has 0 aromatic carbocycles. The van der Waals surface area contributed by atoms with Crippen LogP contribution in [0.25, 0.3) is 0 Å². The largest absolute Gasteiger partial charge is 0.495 e. The van der Waals surface area contributed by atoms with E-state index in [1.54, 1.807) is 0 Å². The Morgan fingerprint density at radius 1 is 0.370 bits per heavy atom. The van der Waals surface area contributed by atoms with Crippen molar-refractivity contribution >= 4 is 11.8 Å². The van der Waals surface area contributed by atoms with Crippen LogP contribution in [0.3, 0.4) is 0 Å². The molecule has 1 saturated heterocycles. The molecule has 1 fully saturated rings. The van der Waals surface area contributed by atoms with E-state index < -0.39 is 0 Å². The summed E-state index contributed by atoms with van der Waals surface area (Å²) in [5, 5.41) is 0. The SMILES string of the molecule is C=C(CCCCCN(CCCCCCCCCCCCCC)CC(=O)N1CCN(C(=O)CN(CCCCCCCCC)CCN(CCCCCCCCC)CCCCCCCCC)CC1)OC/C=C\CCCC. The Balaban J connectivity index is 2.80. The Hall–Kier alpha value is -1.90. The lowest BCUT2D eigenvalue weighted by Gasteiger charge is -2.37. The van der Waals surface area contributed by atoms with E-state index in [-0.39, 0.29) is 11.8 Å². The topological polar surface area (TPSA) is 59.6 Å². The molecule has 0 spiro atoms. The van der Waals surface area contributed by atoms with Gasteiger partial charge in [-0.05, 0) is 77.7 Å². The quantitative estimate of drug-likeness (QED) is 0.0344. The second kappa shape index (κ2) is 53.5. The third-order valence-electron chi connectivity index (χ3n) is 15.7. The molecule has 0 saturated carbocycles. The number of amides is 2. The van der Waals surface area contributed by atoms with Gasteiger partial charge in [-0.1, -0.05) is 259 Å². The minimum absolute atomic E-state index is 0.238. The predicted molar refractivity (Wildman–Crippen MR) is 320 cm³/mol. The van der Waals surface area contributed by atoms with Crippen LogP contribution in [0.15, 0.2) is 24.5 Å². The predicted octanol–water partition coefficient (Wildman–Crippen LogP) is 17.4. The van der Waals surface area contributed by atoms with Crippen molar-refractivity contribution in [2.45, 2.75) is 291 Å². The fourth-order valence-electron chi connectivity index (χ4n) is 10.6. The molecule has 0 aromatic rings. The van der Waals surface area contributed by atoms with Crippen molar-refractivity contribution in [3.8, 4) is 0 Å². The number of unbranched alkanes of at least 4 members (excludes halogenated alkanes) is 33. The van der Waals surface area contributed by atoms with Gasteiger partial charge in [0, 0.05) is 45.7 Å². The van der Waals surface area contributed by atoms with Crippen molar-refractivity contribution < 1.29 is 14.3 Å². The van der Waals surface area contributed by atoms with Crippen molar-refractivity contribution in [3.05, 3.63) is 24.5 Å². The Bertz CT molecular complexity index is 1220. The summed E-state index contributed by atoms with van der Waals surface area (Å²) < 4.78 is 5.87. The summed E-state index contributed by atoms with van der Waals surface area (Å²) >= 11 is 0. The molecular formula is C65H127N5O3. The van der Waals surface area contributed by atoms with Gasteiger partial charge in [0.2, 0.25) is 11.8 Å². The lowest BCUT2D eigenvalue weighted by Crippen LogP contribution is -2.54. The highest BCUT2D eigenvalue weighted by molar-refractivity contribution is 5.80. The number of piperazine rings is 1. The van der Waals surface area contributed by atoms with E-state index in [9.17, 15) is 9.59 Å². The van der Waals surface area contributed by atoms with Crippen LogP contribution >= 0.6 is 0 Å². The van der Waals surface area contributed by atoms with Crippen LogP contribution in [0.4, 0.5) is 0 Å². The number of hydrogen-bond donors (Lipinski definition) is 0. The number of rotatable bonds is 56. The van der Waals surface area contributed by atoms with Crippen LogP contribution in [0.2, 0.25) is 0 Å². The molecule has 430 valence electrons. The summed E-state index contributed by atoms with van der Waals surface area (Å²) in [7, 11) is 0. The number of carbonyl (C=O) groups excluding carboxylic acids is 2. The number of carbonyl (C=O) groups is 2. The zero-order valence-electron chi connectivity index (χ0n) is 50.0. The molecule has 73 heavy (non-hydrogen) atoms. The van der Waals surface area contributed by atoms with E-state index in [2.05, 4.69) is 77.8 Å². The van der Waals surface area contributed by atoms with Gasteiger partial charge in [-0.3, -0.25) is 19.4 Å². The first kappa shape index (κ1) is 69.1. The van der Waals surface area contributed by atoms with Gasteiger partial charge in [0.05, 0.1) is 18.8 Å². The van der Waals surface area contributed by atoms with Gasteiger partial charge in [0.1, 0.15) is 6.61 Å². The van der Waals surface area contributed by atoms with Crippen molar-refractivity contribution in [2.24, 2.45) is 0 Å². The fraction of sp³-hybridized carbons (Fsp3) is 0.908. The minimum Gasteiger partial charge on any atom is -0.495 e. The zero-order valence-corrected chi connectivity index (χ0v) is 50.0. The molecule has 8 heteroatoms. The zero-order chi connectivity index (χ0) is 52.9. The van der Waals surface area contributed by atoms with E-state index in [0.717, 1.165) is 77.0 Å². The second-order valence-corrected chi connectivity index (χ2v) is 22.7. The van der Waals surface area contributed by atoms with Crippen LogP contribution in [0, 0.1) is 0 Å². The van der Waals surface area contributed by atoms with Crippen molar-refractivity contribution in [2.75, 3.05) is 91.7 Å². The fourth-order valence-corrected chi connectivity index (χ4v) is 10.6. The number of hydrogen-bond acceptors (Lipinski definition) is 6. The number of allylic oxidation sites excluding steroid dienone is 2. The third kappa shape index (κ3) is 43.9. The lowest BCUT2D eigenvalue weighted by molar-refractivity contribution is -0.140. The Kier molecular flexibility index (Phi) is 50.6. The summed E-state index contributed by atoms with van der Waals surface area (Å²) in [5.74, 6) is 1.38. The first-order valence-electron chi connectivity index (χ1n) is 32.6. The molecule has 2 amide bonds. The number of ether oxygens (including phenoxy) is 1. The molecule has 8 nitrogen and oxygen atoms in total.